The number of hydrogen-bond acceptors (Lipinski definition) is 6. The SMILES string of the molecule is CCOC(=O)c1ccc(C#Cc2ccc3c(c2)C(C)(C)C[C@@H](OC(=O)c2ccccc2)S3)nc1. The van der Waals surface area contributed by atoms with Crippen molar-refractivity contribution in [2.24, 2.45) is 0 Å². The Kier molecular flexibility index (Phi) is 7.04. The van der Waals surface area contributed by atoms with Gasteiger partial charge in [0, 0.05) is 23.1 Å². The second kappa shape index (κ2) is 10.1. The van der Waals surface area contributed by atoms with Crippen molar-refractivity contribution in [2.45, 2.75) is 42.9 Å². The zero-order valence-corrected chi connectivity index (χ0v) is 20.1. The van der Waals surface area contributed by atoms with Crippen LogP contribution in [0, 0.1) is 11.8 Å². The number of aromatic nitrogens is 1. The van der Waals surface area contributed by atoms with Crippen molar-refractivity contribution in [2.75, 3.05) is 6.61 Å². The number of rotatable bonds is 4. The molecule has 6 heteroatoms. The van der Waals surface area contributed by atoms with Gasteiger partial charge in [0.25, 0.3) is 0 Å². The normalized spacial score (nSPS) is 15.9. The lowest BCUT2D eigenvalue weighted by Crippen LogP contribution is -2.31. The molecule has 0 unspecified atom stereocenters. The van der Waals surface area contributed by atoms with Crippen LogP contribution in [0.4, 0.5) is 0 Å². The molecule has 0 saturated heterocycles. The van der Waals surface area contributed by atoms with E-state index in [-0.39, 0.29) is 16.8 Å². The van der Waals surface area contributed by atoms with Gasteiger partial charge in [-0.15, -0.1) is 0 Å². The predicted molar refractivity (Wildman–Crippen MR) is 132 cm³/mol. The smallest absolute Gasteiger partial charge is 0.339 e. The molecule has 0 radical (unpaired) electrons. The highest BCUT2D eigenvalue weighted by molar-refractivity contribution is 7.99. The highest BCUT2D eigenvalue weighted by Gasteiger charge is 2.35. The minimum absolute atomic E-state index is 0.181. The third-order valence-corrected chi connectivity index (χ3v) is 6.64. The molecular weight excluding hydrogens is 446 g/mol. The molecule has 0 spiro atoms. The van der Waals surface area contributed by atoms with E-state index in [0.717, 1.165) is 10.5 Å². The topological polar surface area (TPSA) is 65.5 Å². The summed E-state index contributed by atoms with van der Waals surface area (Å²) in [7, 11) is 0. The van der Waals surface area contributed by atoms with Crippen LogP contribution < -0.4 is 0 Å². The number of carbonyl (C=O) groups excluding carboxylic acids is 2. The van der Waals surface area contributed by atoms with Gasteiger partial charge in [0.15, 0.2) is 5.44 Å². The van der Waals surface area contributed by atoms with E-state index in [1.807, 2.05) is 30.3 Å². The number of hydrogen-bond donors (Lipinski definition) is 0. The van der Waals surface area contributed by atoms with E-state index in [4.69, 9.17) is 9.47 Å². The molecule has 1 atom stereocenters. The minimum Gasteiger partial charge on any atom is -0.462 e. The minimum atomic E-state index is -0.392. The molecule has 5 nitrogen and oxygen atoms in total. The van der Waals surface area contributed by atoms with Gasteiger partial charge in [-0.2, -0.15) is 0 Å². The number of thioether (sulfide) groups is 1. The molecule has 0 fully saturated rings. The van der Waals surface area contributed by atoms with Gasteiger partial charge in [-0.05, 0) is 66.3 Å². The van der Waals surface area contributed by atoms with Crippen molar-refractivity contribution < 1.29 is 19.1 Å². The summed E-state index contributed by atoms with van der Waals surface area (Å²) < 4.78 is 10.8. The van der Waals surface area contributed by atoms with Gasteiger partial charge in [0.05, 0.1) is 17.7 Å². The summed E-state index contributed by atoms with van der Waals surface area (Å²) in [5.41, 5.74) is 3.16. The number of fused-ring (bicyclic) bond motifs is 1. The van der Waals surface area contributed by atoms with E-state index in [1.165, 1.54) is 11.8 Å². The Morgan fingerprint density at radius 3 is 2.53 bits per heavy atom. The summed E-state index contributed by atoms with van der Waals surface area (Å²) in [6.07, 6.45) is 2.18. The fourth-order valence-corrected chi connectivity index (χ4v) is 5.24. The first-order valence-corrected chi connectivity index (χ1v) is 12.0. The second-order valence-corrected chi connectivity index (χ2v) is 9.72. The Morgan fingerprint density at radius 2 is 1.82 bits per heavy atom. The predicted octanol–water partition coefficient (Wildman–Crippen LogP) is 5.61. The molecule has 1 aliphatic heterocycles. The van der Waals surface area contributed by atoms with E-state index < -0.39 is 5.97 Å². The Bertz CT molecular complexity index is 1260. The number of ether oxygens (including phenoxy) is 2. The van der Waals surface area contributed by atoms with Crippen molar-refractivity contribution >= 4 is 23.7 Å². The van der Waals surface area contributed by atoms with Crippen molar-refractivity contribution in [3.05, 3.63) is 94.8 Å². The van der Waals surface area contributed by atoms with Crippen molar-refractivity contribution in [3.63, 3.8) is 0 Å². The van der Waals surface area contributed by atoms with Crippen LogP contribution >= 0.6 is 11.8 Å². The van der Waals surface area contributed by atoms with Gasteiger partial charge < -0.3 is 9.47 Å². The van der Waals surface area contributed by atoms with Crippen LogP contribution in [0.3, 0.4) is 0 Å². The van der Waals surface area contributed by atoms with Gasteiger partial charge in [0.2, 0.25) is 0 Å². The van der Waals surface area contributed by atoms with Crippen LogP contribution in [0.15, 0.2) is 71.8 Å². The van der Waals surface area contributed by atoms with Gasteiger partial charge in [-0.3, -0.25) is 0 Å². The van der Waals surface area contributed by atoms with Crippen molar-refractivity contribution in [3.8, 4) is 11.8 Å². The van der Waals surface area contributed by atoms with Gasteiger partial charge in [-0.25, -0.2) is 14.6 Å². The number of benzene rings is 2. The van der Waals surface area contributed by atoms with Gasteiger partial charge in [0.1, 0.15) is 5.69 Å². The highest BCUT2D eigenvalue weighted by atomic mass is 32.2. The first-order chi connectivity index (χ1) is 16.4. The van der Waals surface area contributed by atoms with Crippen LogP contribution in [0.2, 0.25) is 0 Å². The highest BCUT2D eigenvalue weighted by Crippen LogP contribution is 2.46. The average Bonchev–Trinajstić information content (AvgIpc) is 2.83. The summed E-state index contributed by atoms with van der Waals surface area (Å²) in [6, 6.07) is 18.5. The van der Waals surface area contributed by atoms with Crippen LogP contribution in [-0.2, 0) is 14.9 Å². The number of carbonyl (C=O) groups is 2. The summed E-state index contributed by atoms with van der Waals surface area (Å²) in [6.45, 7) is 6.40. The molecule has 1 aliphatic rings. The van der Waals surface area contributed by atoms with Crippen LogP contribution in [-0.4, -0.2) is 29.0 Å². The lowest BCUT2D eigenvalue weighted by Gasteiger charge is -2.36. The Morgan fingerprint density at radius 1 is 1.03 bits per heavy atom. The van der Waals surface area contributed by atoms with Crippen molar-refractivity contribution in [1.29, 1.82) is 0 Å². The first kappa shape index (κ1) is 23.6. The number of esters is 2. The molecule has 172 valence electrons. The summed E-state index contributed by atoms with van der Waals surface area (Å²) >= 11 is 1.57. The molecule has 0 aliphatic carbocycles. The number of nitrogens with zero attached hydrogens (tertiary/aromatic N) is 1. The summed E-state index contributed by atoms with van der Waals surface area (Å²) in [5.74, 6) is 5.52. The molecule has 34 heavy (non-hydrogen) atoms. The molecule has 2 aromatic carbocycles. The third-order valence-electron chi connectivity index (χ3n) is 5.50. The first-order valence-electron chi connectivity index (χ1n) is 11.1. The lowest BCUT2D eigenvalue weighted by molar-refractivity contribution is 0.0415. The zero-order chi connectivity index (χ0) is 24.1. The largest absolute Gasteiger partial charge is 0.462 e. The Balaban J connectivity index is 1.48. The average molecular weight is 472 g/mol. The van der Waals surface area contributed by atoms with E-state index in [0.29, 0.717) is 29.8 Å². The van der Waals surface area contributed by atoms with Gasteiger partial charge >= 0.3 is 11.9 Å². The molecule has 4 rings (SSSR count). The van der Waals surface area contributed by atoms with Crippen LogP contribution in [0.5, 0.6) is 0 Å². The Labute approximate surface area is 203 Å². The maximum absolute atomic E-state index is 12.5. The van der Waals surface area contributed by atoms with E-state index in [2.05, 4.69) is 36.7 Å². The molecule has 0 bridgehead atoms. The molecule has 0 N–H and O–H groups in total. The third kappa shape index (κ3) is 5.49. The monoisotopic (exact) mass is 471 g/mol. The Hall–Kier alpha value is -3.56. The maximum Gasteiger partial charge on any atom is 0.339 e. The van der Waals surface area contributed by atoms with Crippen molar-refractivity contribution in [1.82, 2.24) is 4.98 Å². The van der Waals surface area contributed by atoms with E-state index in [9.17, 15) is 9.59 Å². The fraction of sp³-hybridized carbons (Fsp3) is 0.250. The molecule has 2 heterocycles. The molecular formula is C28H25NO4S. The van der Waals surface area contributed by atoms with Crippen LogP contribution in [0.1, 0.15) is 64.7 Å². The summed E-state index contributed by atoms with van der Waals surface area (Å²) in [5, 5.41) is 0. The van der Waals surface area contributed by atoms with E-state index in [1.54, 1.807) is 43.0 Å². The van der Waals surface area contributed by atoms with Crippen LogP contribution in [0.25, 0.3) is 0 Å². The molecule has 0 amide bonds. The summed E-state index contributed by atoms with van der Waals surface area (Å²) in [4.78, 5) is 29.6. The molecule has 1 aromatic heterocycles. The molecule has 3 aromatic rings. The molecule has 0 saturated carbocycles. The van der Waals surface area contributed by atoms with E-state index >= 15 is 0 Å². The zero-order valence-electron chi connectivity index (χ0n) is 19.3. The lowest BCUT2D eigenvalue weighted by atomic mass is 9.80. The standard InChI is InChI=1S/C28H25NO4S/c1-4-32-26(30)21-12-14-22(29-18-21)13-10-19-11-15-24-23(16-19)28(2,3)17-25(34-24)33-27(31)20-8-6-5-7-9-20/h5-9,11-12,14-16,18,25H,4,17H2,1-3H3/t25-/m0/s1. The quantitative estimate of drug-likeness (QED) is 0.364. The maximum atomic E-state index is 12.5. The fourth-order valence-electron chi connectivity index (χ4n) is 3.72. The second-order valence-electron chi connectivity index (χ2n) is 8.52. The number of pyridine rings is 1. The van der Waals surface area contributed by atoms with Gasteiger partial charge in [-0.1, -0.05) is 49.7 Å².